The first-order valence-electron chi connectivity index (χ1n) is 6.88. The molecule has 102 valence electrons. The van der Waals surface area contributed by atoms with Crippen LogP contribution in [0.2, 0.25) is 0 Å². The fourth-order valence-electron chi connectivity index (χ4n) is 2.25. The summed E-state index contributed by atoms with van der Waals surface area (Å²) in [6.07, 6.45) is 4.03. The SMILES string of the molecule is ClCC#Cc1ccc(OCCN2CCCCC2)cc1. The summed E-state index contributed by atoms with van der Waals surface area (Å²) in [5, 5.41) is 0. The van der Waals surface area contributed by atoms with Crippen LogP contribution in [0.3, 0.4) is 0 Å². The van der Waals surface area contributed by atoms with Crippen LogP contribution in [0.4, 0.5) is 0 Å². The minimum Gasteiger partial charge on any atom is -0.492 e. The van der Waals surface area contributed by atoms with Gasteiger partial charge in [0.05, 0.1) is 5.88 Å². The quantitative estimate of drug-likeness (QED) is 0.619. The first kappa shape index (κ1) is 14.2. The summed E-state index contributed by atoms with van der Waals surface area (Å²) < 4.78 is 5.75. The van der Waals surface area contributed by atoms with Crippen molar-refractivity contribution < 1.29 is 4.74 Å². The zero-order valence-corrected chi connectivity index (χ0v) is 12.0. The zero-order valence-electron chi connectivity index (χ0n) is 11.2. The van der Waals surface area contributed by atoms with Gasteiger partial charge in [-0.15, -0.1) is 11.6 Å². The molecular weight excluding hydrogens is 258 g/mol. The van der Waals surface area contributed by atoms with Crippen molar-refractivity contribution in [2.24, 2.45) is 0 Å². The molecule has 0 spiro atoms. The average Bonchev–Trinajstić information content (AvgIpc) is 2.47. The van der Waals surface area contributed by atoms with Crippen LogP contribution in [-0.2, 0) is 0 Å². The van der Waals surface area contributed by atoms with Crippen LogP contribution >= 0.6 is 11.6 Å². The monoisotopic (exact) mass is 277 g/mol. The van der Waals surface area contributed by atoms with Crippen molar-refractivity contribution in [3.05, 3.63) is 29.8 Å². The summed E-state index contributed by atoms with van der Waals surface area (Å²) in [5.41, 5.74) is 0.976. The molecule has 1 aliphatic heterocycles. The number of piperidine rings is 1. The van der Waals surface area contributed by atoms with E-state index in [2.05, 4.69) is 16.7 Å². The maximum absolute atomic E-state index is 5.75. The van der Waals surface area contributed by atoms with Gasteiger partial charge in [0.25, 0.3) is 0 Å². The van der Waals surface area contributed by atoms with Crippen LogP contribution in [0, 0.1) is 11.8 Å². The number of likely N-dealkylation sites (tertiary alicyclic amines) is 1. The Labute approximate surface area is 120 Å². The van der Waals surface area contributed by atoms with Gasteiger partial charge in [-0.05, 0) is 50.2 Å². The lowest BCUT2D eigenvalue weighted by molar-refractivity contribution is 0.183. The number of halogens is 1. The fraction of sp³-hybridized carbons (Fsp3) is 0.500. The Hall–Kier alpha value is -1.17. The molecule has 0 aliphatic carbocycles. The average molecular weight is 278 g/mol. The molecule has 0 bridgehead atoms. The third-order valence-electron chi connectivity index (χ3n) is 3.28. The molecule has 0 amide bonds. The number of hydrogen-bond acceptors (Lipinski definition) is 2. The molecule has 19 heavy (non-hydrogen) atoms. The normalized spacial score (nSPS) is 15.6. The smallest absolute Gasteiger partial charge is 0.119 e. The molecule has 1 heterocycles. The second kappa shape index (κ2) is 8.09. The van der Waals surface area contributed by atoms with E-state index in [1.807, 2.05) is 24.3 Å². The molecule has 0 atom stereocenters. The van der Waals surface area contributed by atoms with Gasteiger partial charge >= 0.3 is 0 Å². The maximum Gasteiger partial charge on any atom is 0.119 e. The Morgan fingerprint density at radius 2 is 1.84 bits per heavy atom. The summed E-state index contributed by atoms with van der Waals surface area (Å²) >= 11 is 5.52. The number of hydrogen-bond donors (Lipinski definition) is 0. The number of alkyl halides is 1. The third kappa shape index (κ3) is 5.14. The van der Waals surface area contributed by atoms with Gasteiger partial charge in [-0.1, -0.05) is 18.3 Å². The van der Waals surface area contributed by atoms with E-state index < -0.39 is 0 Å². The van der Waals surface area contributed by atoms with Gasteiger partial charge in [-0.3, -0.25) is 4.90 Å². The van der Waals surface area contributed by atoms with Crippen molar-refractivity contribution in [1.82, 2.24) is 4.90 Å². The highest BCUT2D eigenvalue weighted by Crippen LogP contribution is 2.12. The van der Waals surface area contributed by atoms with Crippen molar-refractivity contribution >= 4 is 11.6 Å². The van der Waals surface area contributed by atoms with Crippen molar-refractivity contribution in [3.8, 4) is 17.6 Å². The van der Waals surface area contributed by atoms with Gasteiger partial charge in [0.1, 0.15) is 12.4 Å². The summed E-state index contributed by atoms with van der Waals surface area (Å²) in [4.78, 5) is 2.48. The molecule has 1 saturated heterocycles. The zero-order chi connectivity index (χ0) is 13.3. The molecule has 2 nitrogen and oxygen atoms in total. The highest BCUT2D eigenvalue weighted by atomic mass is 35.5. The lowest BCUT2D eigenvalue weighted by Crippen LogP contribution is -2.33. The fourth-order valence-corrected chi connectivity index (χ4v) is 2.31. The molecule has 0 aromatic heterocycles. The molecule has 3 heteroatoms. The summed E-state index contributed by atoms with van der Waals surface area (Å²) in [6, 6.07) is 7.87. The predicted octanol–water partition coefficient (Wildman–Crippen LogP) is 3.14. The molecular formula is C16H20ClNO. The largest absolute Gasteiger partial charge is 0.492 e. The summed E-state index contributed by atoms with van der Waals surface area (Å²) in [7, 11) is 0. The third-order valence-corrected chi connectivity index (χ3v) is 3.41. The minimum atomic E-state index is 0.369. The Kier molecular flexibility index (Phi) is 6.07. The Morgan fingerprint density at radius 1 is 1.11 bits per heavy atom. The molecule has 2 rings (SSSR count). The van der Waals surface area contributed by atoms with E-state index in [1.54, 1.807) is 0 Å². The van der Waals surface area contributed by atoms with E-state index in [0.29, 0.717) is 5.88 Å². The maximum atomic E-state index is 5.75. The van der Waals surface area contributed by atoms with Crippen molar-refractivity contribution in [2.75, 3.05) is 32.1 Å². The van der Waals surface area contributed by atoms with Crippen molar-refractivity contribution in [1.29, 1.82) is 0 Å². The summed E-state index contributed by atoms with van der Waals surface area (Å²) in [6.45, 7) is 4.22. The number of ether oxygens (including phenoxy) is 1. The second-order valence-electron chi connectivity index (χ2n) is 4.71. The van der Waals surface area contributed by atoms with E-state index in [0.717, 1.165) is 24.5 Å². The molecule has 1 aromatic rings. The highest BCUT2D eigenvalue weighted by Gasteiger charge is 2.09. The van der Waals surface area contributed by atoms with Crippen molar-refractivity contribution in [3.63, 3.8) is 0 Å². The van der Waals surface area contributed by atoms with Crippen LogP contribution in [0.1, 0.15) is 24.8 Å². The van der Waals surface area contributed by atoms with Crippen LogP contribution in [-0.4, -0.2) is 37.0 Å². The van der Waals surface area contributed by atoms with E-state index in [1.165, 1.54) is 32.4 Å². The van der Waals surface area contributed by atoms with E-state index in [9.17, 15) is 0 Å². The number of rotatable bonds is 4. The molecule has 0 unspecified atom stereocenters. The molecule has 1 fully saturated rings. The van der Waals surface area contributed by atoms with E-state index in [-0.39, 0.29) is 0 Å². The van der Waals surface area contributed by atoms with Gasteiger partial charge in [-0.2, -0.15) is 0 Å². The Bertz CT molecular complexity index is 426. The first-order chi connectivity index (χ1) is 9.38. The minimum absolute atomic E-state index is 0.369. The molecule has 0 N–H and O–H groups in total. The van der Waals surface area contributed by atoms with Gasteiger partial charge in [0.15, 0.2) is 0 Å². The Balaban J connectivity index is 1.73. The topological polar surface area (TPSA) is 12.5 Å². The second-order valence-corrected chi connectivity index (χ2v) is 4.98. The summed E-state index contributed by atoms with van der Waals surface area (Å²) in [5.74, 6) is 7.10. The van der Waals surface area contributed by atoms with Gasteiger partial charge in [0, 0.05) is 12.1 Å². The van der Waals surface area contributed by atoms with Crippen LogP contribution in [0.15, 0.2) is 24.3 Å². The van der Waals surface area contributed by atoms with E-state index >= 15 is 0 Å². The van der Waals surface area contributed by atoms with E-state index in [4.69, 9.17) is 16.3 Å². The predicted molar refractivity (Wildman–Crippen MR) is 79.8 cm³/mol. The lowest BCUT2D eigenvalue weighted by Gasteiger charge is -2.26. The Morgan fingerprint density at radius 3 is 2.53 bits per heavy atom. The van der Waals surface area contributed by atoms with Gasteiger partial charge in [-0.25, -0.2) is 0 Å². The first-order valence-corrected chi connectivity index (χ1v) is 7.42. The lowest BCUT2D eigenvalue weighted by atomic mass is 10.1. The molecule has 1 aliphatic rings. The van der Waals surface area contributed by atoms with Crippen LogP contribution < -0.4 is 4.74 Å². The molecule has 0 saturated carbocycles. The molecule has 1 aromatic carbocycles. The van der Waals surface area contributed by atoms with Gasteiger partial charge in [0.2, 0.25) is 0 Å². The molecule has 0 radical (unpaired) electrons. The number of benzene rings is 1. The standard InChI is InChI=1S/C16H20ClNO/c17-10-4-5-15-6-8-16(9-7-15)19-14-13-18-11-2-1-3-12-18/h6-9H,1-3,10-14H2. The van der Waals surface area contributed by atoms with Crippen LogP contribution in [0.25, 0.3) is 0 Å². The highest BCUT2D eigenvalue weighted by molar-refractivity contribution is 6.19. The number of nitrogens with zero attached hydrogens (tertiary/aromatic N) is 1. The van der Waals surface area contributed by atoms with Crippen LogP contribution in [0.5, 0.6) is 5.75 Å². The van der Waals surface area contributed by atoms with Gasteiger partial charge < -0.3 is 4.74 Å². The van der Waals surface area contributed by atoms with Crippen molar-refractivity contribution in [2.45, 2.75) is 19.3 Å².